The van der Waals surface area contributed by atoms with E-state index in [0.29, 0.717) is 11.4 Å². The maximum atomic E-state index is 11.3. The molecule has 0 saturated carbocycles. The van der Waals surface area contributed by atoms with Gasteiger partial charge in [-0.2, -0.15) is 0 Å². The number of amides is 1. The van der Waals surface area contributed by atoms with Crippen molar-refractivity contribution in [2.24, 2.45) is 0 Å². The summed E-state index contributed by atoms with van der Waals surface area (Å²) in [6, 6.07) is 3.40. The van der Waals surface area contributed by atoms with Gasteiger partial charge in [-0.05, 0) is 26.8 Å². The number of aliphatic hydroxyl groups is 1. The molecule has 17 heavy (non-hydrogen) atoms. The normalized spacial score (nSPS) is 10.8. The number of rotatable bonds is 3. The molecule has 1 heterocycles. The summed E-state index contributed by atoms with van der Waals surface area (Å²) in [4.78, 5) is 15.3. The highest BCUT2D eigenvalue weighted by Crippen LogP contribution is 2.10. The highest BCUT2D eigenvalue weighted by atomic mass is 16.6. The zero-order valence-electron chi connectivity index (χ0n) is 10.2. The summed E-state index contributed by atoms with van der Waals surface area (Å²) in [6.07, 6.45) is 0.949. The maximum Gasteiger partial charge on any atom is 0.426 e. The van der Waals surface area contributed by atoms with E-state index in [1.54, 1.807) is 39.1 Å². The minimum atomic E-state index is -0.605. The van der Waals surface area contributed by atoms with Crippen LogP contribution in [-0.2, 0) is 11.3 Å². The molecule has 1 aromatic rings. The second-order valence-electron chi connectivity index (χ2n) is 4.42. The summed E-state index contributed by atoms with van der Waals surface area (Å²) in [7, 11) is 0. The Hall–Kier alpha value is -1.82. The first kappa shape index (κ1) is 13.2. The number of hydrazine groups is 1. The van der Waals surface area contributed by atoms with Crippen LogP contribution in [-0.4, -0.2) is 21.8 Å². The topological polar surface area (TPSA) is 83.5 Å². The summed E-state index contributed by atoms with van der Waals surface area (Å²) in [6.45, 7) is 5.15. The van der Waals surface area contributed by atoms with Crippen molar-refractivity contribution in [3.63, 3.8) is 0 Å². The first-order valence-electron chi connectivity index (χ1n) is 5.22. The number of aromatic nitrogens is 1. The molecule has 0 radical (unpaired) electrons. The average molecular weight is 239 g/mol. The third-order valence-electron chi connectivity index (χ3n) is 1.74. The van der Waals surface area contributed by atoms with E-state index in [1.807, 2.05) is 0 Å². The van der Waals surface area contributed by atoms with E-state index in [-0.39, 0.29) is 6.61 Å². The SMILES string of the molecule is CC(C)(C)OC(=O)NNc1ncccc1CO. The lowest BCUT2D eigenvalue weighted by molar-refractivity contribution is 0.0540. The molecule has 3 N–H and O–H groups in total. The van der Waals surface area contributed by atoms with Crippen LogP contribution in [0.3, 0.4) is 0 Å². The van der Waals surface area contributed by atoms with Crippen molar-refractivity contribution >= 4 is 11.9 Å². The summed E-state index contributed by atoms with van der Waals surface area (Å²) < 4.78 is 5.03. The predicted molar refractivity (Wildman–Crippen MR) is 63.2 cm³/mol. The molecular formula is C11H17N3O3. The third-order valence-corrected chi connectivity index (χ3v) is 1.74. The van der Waals surface area contributed by atoms with Crippen molar-refractivity contribution in [1.82, 2.24) is 10.4 Å². The van der Waals surface area contributed by atoms with Crippen molar-refractivity contribution in [3.05, 3.63) is 23.9 Å². The molecule has 1 amide bonds. The molecule has 0 aliphatic rings. The molecule has 0 aliphatic heterocycles. The van der Waals surface area contributed by atoms with Crippen LogP contribution in [0.15, 0.2) is 18.3 Å². The Morgan fingerprint density at radius 1 is 1.53 bits per heavy atom. The highest BCUT2D eigenvalue weighted by Gasteiger charge is 2.16. The number of anilines is 1. The molecule has 0 saturated heterocycles. The Morgan fingerprint density at radius 2 is 2.24 bits per heavy atom. The monoisotopic (exact) mass is 239 g/mol. The minimum Gasteiger partial charge on any atom is -0.443 e. The van der Waals surface area contributed by atoms with Crippen molar-refractivity contribution in [2.75, 3.05) is 5.43 Å². The quantitative estimate of drug-likeness (QED) is 0.695. The van der Waals surface area contributed by atoms with Crippen molar-refractivity contribution in [3.8, 4) is 0 Å². The van der Waals surface area contributed by atoms with Crippen LogP contribution in [0.25, 0.3) is 0 Å². The van der Waals surface area contributed by atoms with E-state index in [1.165, 1.54) is 0 Å². The number of ether oxygens (including phenoxy) is 1. The first-order chi connectivity index (χ1) is 7.92. The molecule has 1 aromatic heterocycles. The van der Waals surface area contributed by atoms with Crippen molar-refractivity contribution in [2.45, 2.75) is 33.0 Å². The molecule has 1 rings (SSSR count). The first-order valence-corrected chi connectivity index (χ1v) is 5.22. The minimum absolute atomic E-state index is 0.161. The number of aliphatic hydroxyl groups excluding tert-OH is 1. The van der Waals surface area contributed by atoms with Gasteiger partial charge in [0.2, 0.25) is 0 Å². The van der Waals surface area contributed by atoms with E-state index in [2.05, 4.69) is 15.8 Å². The van der Waals surface area contributed by atoms with Gasteiger partial charge in [0.25, 0.3) is 0 Å². The van der Waals surface area contributed by atoms with Gasteiger partial charge in [-0.3, -0.25) is 5.43 Å². The number of nitrogens with one attached hydrogen (secondary N) is 2. The molecule has 0 fully saturated rings. The summed E-state index contributed by atoms with van der Waals surface area (Å²) in [5.41, 5.74) is 4.96. The third kappa shape index (κ3) is 4.69. The Labute approximate surface area is 100.0 Å². The van der Waals surface area contributed by atoms with Crippen LogP contribution in [0, 0.1) is 0 Å². The van der Waals surface area contributed by atoms with Crippen LogP contribution in [0.5, 0.6) is 0 Å². The zero-order valence-corrected chi connectivity index (χ0v) is 10.2. The average Bonchev–Trinajstić information content (AvgIpc) is 2.24. The van der Waals surface area contributed by atoms with E-state index in [4.69, 9.17) is 9.84 Å². The molecule has 6 heteroatoms. The second kappa shape index (κ2) is 5.49. The number of pyridine rings is 1. The predicted octanol–water partition coefficient (Wildman–Crippen LogP) is 1.43. The molecule has 0 spiro atoms. The number of carbonyl (C=O) groups is 1. The Balaban J connectivity index is 2.53. The van der Waals surface area contributed by atoms with E-state index in [9.17, 15) is 4.79 Å². The summed E-state index contributed by atoms with van der Waals surface area (Å²) in [5, 5.41) is 9.05. The lowest BCUT2D eigenvalue weighted by atomic mass is 10.2. The van der Waals surface area contributed by atoms with Gasteiger partial charge in [0.1, 0.15) is 11.4 Å². The Kier molecular flexibility index (Phi) is 4.28. The molecule has 0 aliphatic carbocycles. The van der Waals surface area contributed by atoms with Gasteiger partial charge in [-0.1, -0.05) is 6.07 Å². The fraction of sp³-hybridized carbons (Fsp3) is 0.455. The molecule has 94 valence electrons. The Morgan fingerprint density at radius 3 is 2.82 bits per heavy atom. The molecule has 6 nitrogen and oxygen atoms in total. The lowest BCUT2D eigenvalue weighted by Gasteiger charge is -2.20. The standard InChI is InChI=1S/C11H17N3O3/c1-11(2,3)17-10(16)14-13-9-8(7-15)5-4-6-12-9/h4-6,15H,7H2,1-3H3,(H,12,13)(H,14,16). The van der Waals surface area contributed by atoms with Gasteiger partial charge < -0.3 is 9.84 Å². The van der Waals surface area contributed by atoms with Gasteiger partial charge >= 0.3 is 6.09 Å². The number of hydrogen-bond donors (Lipinski definition) is 3. The van der Waals surface area contributed by atoms with Gasteiger partial charge in [0.15, 0.2) is 0 Å². The largest absolute Gasteiger partial charge is 0.443 e. The lowest BCUT2D eigenvalue weighted by Crippen LogP contribution is -2.36. The van der Waals surface area contributed by atoms with E-state index >= 15 is 0 Å². The number of hydrogen-bond acceptors (Lipinski definition) is 5. The second-order valence-corrected chi connectivity index (χ2v) is 4.42. The summed E-state index contributed by atoms with van der Waals surface area (Å²) in [5.74, 6) is 0.390. The smallest absolute Gasteiger partial charge is 0.426 e. The summed E-state index contributed by atoms with van der Waals surface area (Å²) >= 11 is 0. The van der Waals surface area contributed by atoms with Crippen LogP contribution < -0.4 is 10.9 Å². The van der Waals surface area contributed by atoms with Gasteiger partial charge in [-0.15, -0.1) is 0 Å². The van der Waals surface area contributed by atoms with Crippen molar-refractivity contribution < 1.29 is 14.6 Å². The fourth-order valence-electron chi connectivity index (χ4n) is 1.09. The van der Waals surface area contributed by atoms with Gasteiger partial charge in [0, 0.05) is 11.8 Å². The van der Waals surface area contributed by atoms with Crippen LogP contribution >= 0.6 is 0 Å². The molecule has 0 unspecified atom stereocenters. The zero-order chi connectivity index (χ0) is 12.9. The van der Waals surface area contributed by atoms with Gasteiger partial charge in [-0.25, -0.2) is 15.2 Å². The molecular weight excluding hydrogens is 222 g/mol. The maximum absolute atomic E-state index is 11.3. The highest BCUT2D eigenvalue weighted by molar-refractivity contribution is 5.69. The molecule has 0 atom stereocenters. The fourth-order valence-corrected chi connectivity index (χ4v) is 1.09. The van der Waals surface area contributed by atoms with Gasteiger partial charge in [0.05, 0.1) is 6.61 Å². The number of carbonyl (C=O) groups excluding carboxylic acids is 1. The van der Waals surface area contributed by atoms with Crippen molar-refractivity contribution in [1.29, 1.82) is 0 Å². The molecule has 0 aromatic carbocycles. The van der Waals surface area contributed by atoms with Crippen LogP contribution in [0.4, 0.5) is 10.6 Å². The van der Waals surface area contributed by atoms with E-state index in [0.717, 1.165) is 0 Å². The van der Waals surface area contributed by atoms with Crippen LogP contribution in [0.2, 0.25) is 0 Å². The van der Waals surface area contributed by atoms with Crippen LogP contribution in [0.1, 0.15) is 26.3 Å². The molecule has 0 bridgehead atoms. The number of nitrogens with zero attached hydrogens (tertiary/aromatic N) is 1. The van der Waals surface area contributed by atoms with E-state index < -0.39 is 11.7 Å². The Bertz CT molecular complexity index is 388.